The Bertz CT molecular complexity index is 367. The van der Waals surface area contributed by atoms with Gasteiger partial charge in [-0.25, -0.2) is 0 Å². The van der Waals surface area contributed by atoms with Crippen LogP contribution in [0.3, 0.4) is 0 Å². The zero-order chi connectivity index (χ0) is 13.9. The van der Waals surface area contributed by atoms with E-state index in [-0.39, 0.29) is 23.7 Å². The number of aliphatic carboxylic acids is 1. The van der Waals surface area contributed by atoms with Crippen molar-refractivity contribution in [2.75, 3.05) is 6.54 Å². The first kappa shape index (κ1) is 14.7. The topological polar surface area (TPSA) is 66.4 Å². The first-order valence-electron chi connectivity index (χ1n) is 6.41. The molecule has 18 heavy (non-hydrogen) atoms. The minimum atomic E-state index is -0.821. The van der Waals surface area contributed by atoms with Gasteiger partial charge in [0, 0.05) is 13.0 Å². The van der Waals surface area contributed by atoms with Gasteiger partial charge in [-0.05, 0) is 31.6 Å². The Morgan fingerprint density at radius 1 is 1.33 bits per heavy atom. The first-order valence-corrected chi connectivity index (χ1v) is 6.41. The molecule has 2 N–H and O–H groups in total. The Morgan fingerprint density at radius 3 is 2.44 bits per heavy atom. The van der Waals surface area contributed by atoms with E-state index in [4.69, 9.17) is 5.11 Å². The van der Waals surface area contributed by atoms with Crippen molar-refractivity contribution < 1.29 is 14.7 Å². The Balaban J connectivity index is 2.39. The number of amides is 1. The fourth-order valence-electron chi connectivity index (χ4n) is 2.41. The second kappa shape index (κ2) is 5.55. The third-order valence-electron chi connectivity index (χ3n) is 3.57. The average Bonchev–Trinajstić information content (AvgIpc) is 2.74. The number of carbonyl (C=O) groups is 2. The predicted molar refractivity (Wildman–Crippen MR) is 70.1 cm³/mol. The number of carbonyl (C=O) groups excluding carboxylic acids is 1. The predicted octanol–water partition coefficient (Wildman–Crippen LogP) is 2.21. The van der Waals surface area contributed by atoms with Crippen LogP contribution in [0.4, 0.5) is 0 Å². The lowest BCUT2D eigenvalue weighted by Crippen LogP contribution is -2.28. The van der Waals surface area contributed by atoms with E-state index in [9.17, 15) is 9.59 Å². The van der Waals surface area contributed by atoms with Crippen LogP contribution in [-0.4, -0.2) is 23.5 Å². The van der Waals surface area contributed by atoms with Crippen molar-refractivity contribution in [1.82, 2.24) is 5.32 Å². The molecule has 4 heteroatoms. The summed E-state index contributed by atoms with van der Waals surface area (Å²) in [5.41, 5.74) is 1.25. The monoisotopic (exact) mass is 253 g/mol. The molecule has 1 aliphatic rings. The molecular weight excluding hydrogens is 230 g/mol. The van der Waals surface area contributed by atoms with Crippen molar-refractivity contribution in [3.05, 3.63) is 11.6 Å². The molecule has 0 bridgehead atoms. The Hall–Kier alpha value is -1.32. The highest BCUT2D eigenvalue weighted by Gasteiger charge is 2.60. The lowest BCUT2D eigenvalue weighted by molar-refractivity contribution is -0.137. The van der Waals surface area contributed by atoms with Gasteiger partial charge in [-0.15, -0.1) is 0 Å². The van der Waals surface area contributed by atoms with E-state index >= 15 is 0 Å². The molecule has 1 unspecified atom stereocenters. The van der Waals surface area contributed by atoms with Gasteiger partial charge in [0.15, 0.2) is 0 Å². The number of nitrogens with one attached hydrogen (secondary N) is 1. The highest BCUT2D eigenvalue weighted by atomic mass is 16.4. The normalized spacial score (nSPS) is 24.2. The molecule has 1 rings (SSSR count). The van der Waals surface area contributed by atoms with E-state index in [1.54, 1.807) is 0 Å². The maximum Gasteiger partial charge on any atom is 0.303 e. The molecule has 1 fully saturated rings. The van der Waals surface area contributed by atoms with Gasteiger partial charge < -0.3 is 10.4 Å². The highest BCUT2D eigenvalue weighted by molar-refractivity contribution is 5.83. The number of hydrogen-bond acceptors (Lipinski definition) is 2. The van der Waals surface area contributed by atoms with E-state index in [2.05, 4.69) is 25.2 Å². The lowest BCUT2D eigenvalue weighted by Gasteiger charge is -2.04. The average molecular weight is 253 g/mol. The molecule has 0 spiro atoms. The van der Waals surface area contributed by atoms with Crippen LogP contribution in [0.25, 0.3) is 0 Å². The van der Waals surface area contributed by atoms with Crippen LogP contribution in [0.1, 0.15) is 40.5 Å². The van der Waals surface area contributed by atoms with Gasteiger partial charge in [-0.2, -0.15) is 0 Å². The molecular formula is C14H23NO3. The molecule has 0 aliphatic heterocycles. The Morgan fingerprint density at radius 2 is 1.94 bits per heavy atom. The summed E-state index contributed by atoms with van der Waals surface area (Å²) in [5.74, 6) is -0.439. The maximum absolute atomic E-state index is 12.0. The van der Waals surface area contributed by atoms with Crippen molar-refractivity contribution >= 4 is 11.9 Å². The van der Waals surface area contributed by atoms with Crippen LogP contribution in [0.5, 0.6) is 0 Å². The molecule has 102 valence electrons. The SMILES string of the molecule is CC(C)=C[C@@H]1C(C(=O)NCCCC(=O)O)C1(C)C. The van der Waals surface area contributed by atoms with E-state index < -0.39 is 5.97 Å². The molecule has 0 aromatic carbocycles. The molecule has 1 saturated carbocycles. The molecule has 4 nitrogen and oxygen atoms in total. The van der Waals surface area contributed by atoms with Crippen molar-refractivity contribution in [3.8, 4) is 0 Å². The molecule has 0 aromatic rings. The minimum Gasteiger partial charge on any atom is -0.481 e. The minimum absolute atomic E-state index is 0.0220. The largest absolute Gasteiger partial charge is 0.481 e. The molecule has 0 aromatic heterocycles. The summed E-state index contributed by atoms with van der Waals surface area (Å²) < 4.78 is 0. The number of allylic oxidation sites excluding steroid dienone is 2. The number of carboxylic acid groups (broad SMARTS) is 1. The molecule has 0 radical (unpaired) electrons. The fraction of sp³-hybridized carbons (Fsp3) is 0.714. The molecule has 1 amide bonds. The molecule has 1 aliphatic carbocycles. The van der Waals surface area contributed by atoms with Crippen LogP contribution in [0.2, 0.25) is 0 Å². The van der Waals surface area contributed by atoms with Gasteiger partial charge in [0.1, 0.15) is 0 Å². The van der Waals surface area contributed by atoms with Crippen molar-refractivity contribution in [2.45, 2.75) is 40.5 Å². The van der Waals surface area contributed by atoms with Crippen LogP contribution in [0, 0.1) is 17.3 Å². The smallest absolute Gasteiger partial charge is 0.303 e. The Kier molecular flexibility index (Phi) is 4.54. The highest BCUT2D eigenvalue weighted by Crippen LogP contribution is 2.59. The zero-order valence-corrected chi connectivity index (χ0v) is 11.6. The lowest BCUT2D eigenvalue weighted by atomic mass is 10.1. The summed E-state index contributed by atoms with van der Waals surface area (Å²) in [6, 6.07) is 0. The van der Waals surface area contributed by atoms with E-state index in [0.717, 1.165) is 0 Å². The van der Waals surface area contributed by atoms with Gasteiger partial charge in [0.25, 0.3) is 0 Å². The summed E-state index contributed by atoms with van der Waals surface area (Å²) in [5, 5.41) is 11.3. The van der Waals surface area contributed by atoms with E-state index in [1.807, 2.05) is 13.8 Å². The first-order chi connectivity index (χ1) is 8.26. The number of hydrogen-bond donors (Lipinski definition) is 2. The van der Waals surface area contributed by atoms with Gasteiger partial charge in [-0.1, -0.05) is 25.5 Å². The molecule has 0 heterocycles. The third kappa shape index (κ3) is 3.59. The summed E-state index contributed by atoms with van der Waals surface area (Å²) >= 11 is 0. The van der Waals surface area contributed by atoms with Crippen molar-refractivity contribution in [1.29, 1.82) is 0 Å². The van der Waals surface area contributed by atoms with E-state index in [1.165, 1.54) is 5.57 Å². The second-order valence-electron chi connectivity index (χ2n) is 5.86. The van der Waals surface area contributed by atoms with Crippen LogP contribution < -0.4 is 5.32 Å². The van der Waals surface area contributed by atoms with Crippen molar-refractivity contribution in [3.63, 3.8) is 0 Å². The quantitative estimate of drug-likeness (QED) is 0.563. The zero-order valence-electron chi connectivity index (χ0n) is 11.6. The van der Waals surface area contributed by atoms with E-state index in [0.29, 0.717) is 18.9 Å². The Labute approximate surface area is 108 Å². The van der Waals surface area contributed by atoms with Gasteiger partial charge in [0.2, 0.25) is 5.91 Å². The van der Waals surface area contributed by atoms with Gasteiger partial charge >= 0.3 is 5.97 Å². The van der Waals surface area contributed by atoms with Crippen LogP contribution in [-0.2, 0) is 9.59 Å². The van der Waals surface area contributed by atoms with Crippen LogP contribution in [0.15, 0.2) is 11.6 Å². The third-order valence-corrected chi connectivity index (χ3v) is 3.57. The second-order valence-corrected chi connectivity index (χ2v) is 5.86. The van der Waals surface area contributed by atoms with Gasteiger partial charge in [-0.3, -0.25) is 9.59 Å². The number of rotatable bonds is 6. The fourth-order valence-corrected chi connectivity index (χ4v) is 2.41. The summed E-state index contributed by atoms with van der Waals surface area (Å²) in [6.45, 7) is 8.71. The number of carboxylic acids is 1. The summed E-state index contributed by atoms with van der Waals surface area (Å²) in [4.78, 5) is 22.3. The maximum atomic E-state index is 12.0. The van der Waals surface area contributed by atoms with Crippen LogP contribution >= 0.6 is 0 Å². The van der Waals surface area contributed by atoms with Crippen molar-refractivity contribution in [2.24, 2.45) is 17.3 Å². The van der Waals surface area contributed by atoms with Gasteiger partial charge in [0.05, 0.1) is 5.92 Å². The summed E-state index contributed by atoms with van der Waals surface area (Å²) in [7, 11) is 0. The summed E-state index contributed by atoms with van der Waals surface area (Å²) in [6.07, 6.45) is 2.74. The molecule has 2 atom stereocenters. The molecule has 0 saturated heterocycles. The standard InChI is InChI=1S/C14H23NO3/c1-9(2)8-10-12(14(10,3)4)13(18)15-7-5-6-11(16)17/h8,10,12H,5-7H2,1-4H3,(H,15,18)(H,16,17)/t10-,12?/m1/s1.